The van der Waals surface area contributed by atoms with Gasteiger partial charge in [-0.2, -0.15) is 13.2 Å². The van der Waals surface area contributed by atoms with Crippen LogP contribution in [0.1, 0.15) is 11.1 Å². The molecular weight excluding hydrogens is 259 g/mol. The molecule has 3 N–H and O–H groups in total. The van der Waals surface area contributed by atoms with Gasteiger partial charge < -0.3 is 5.73 Å². The van der Waals surface area contributed by atoms with Crippen molar-refractivity contribution in [1.29, 1.82) is 0 Å². The fourth-order valence-corrected chi connectivity index (χ4v) is 1.73. The van der Waals surface area contributed by atoms with E-state index in [1.165, 1.54) is 23.0 Å². The maximum absolute atomic E-state index is 12.4. The van der Waals surface area contributed by atoms with Crippen LogP contribution in [0.25, 0.3) is 5.69 Å². The number of rotatable bonds is 3. The third kappa shape index (κ3) is 2.70. The van der Waals surface area contributed by atoms with Gasteiger partial charge in [-0.25, -0.2) is 4.68 Å². The van der Waals surface area contributed by atoms with Crippen LogP contribution in [0.15, 0.2) is 35.3 Å². The molecule has 2 rings (SSSR count). The fraction of sp³-hybridized carbons (Fsp3) is 0.250. The lowest BCUT2D eigenvalue weighted by molar-refractivity contribution is -0.137. The van der Waals surface area contributed by atoms with Crippen molar-refractivity contribution >= 4 is 0 Å². The number of hydrogen-bond donors (Lipinski definition) is 2. The zero-order valence-corrected chi connectivity index (χ0v) is 9.87. The summed E-state index contributed by atoms with van der Waals surface area (Å²) in [6, 6.07) is 4.36. The van der Waals surface area contributed by atoms with Gasteiger partial charge in [0.1, 0.15) is 0 Å². The van der Waals surface area contributed by atoms with Crippen LogP contribution < -0.4 is 11.3 Å². The van der Waals surface area contributed by atoms with E-state index in [4.69, 9.17) is 5.73 Å². The van der Waals surface area contributed by atoms with E-state index in [0.717, 1.165) is 12.1 Å². The number of alkyl halides is 3. The molecule has 1 aromatic carbocycles. The van der Waals surface area contributed by atoms with Gasteiger partial charge in [0.05, 0.1) is 11.3 Å². The number of nitrogens with one attached hydrogen (secondary N) is 1. The number of hydrogen-bond acceptors (Lipinski definition) is 2. The molecule has 0 aliphatic rings. The molecule has 1 heterocycles. The summed E-state index contributed by atoms with van der Waals surface area (Å²) in [4.78, 5) is 11.9. The fourth-order valence-electron chi connectivity index (χ4n) is 1.73. The molecule has 0 aliphatic carbocycles. The Morgan fingerprint density at radius 3 is 2.37 bits per heavy atom. The van der Waals surface area contributed by atoms with Crippen molar-refractivity contribution in [3.05, 3.63) is 51.9 Å². The summed E-state index contributed by atoms with van der Waals surface area (Å²) in [6.45, 7) is 0.333. The topological polar surface area (TPSA) is 63.8 Å². The largest absolute Gasteiger partial charge is 0.416 e. The molecule has 0 aliphatic heterocycles. The first-order chi connectivity index (χ1) is 8.93. The smallest absolute Gasteiger partial charge is 0.330 e. The second-order valence-electron chi connectivity index (χ2n) is 4.02. The molecular formula is C12H12F3N3O. The van der Waals surface area contributed by atoms with Crippen molar-refractivity contribution in [3.63, 3.8) is 0 Å². The molecule has 1 aromatic heterocycles. The van der Waals surface area contributed by atoms with Crippen LogP contribution in [0.3, 0.4) is 0 Å². The highest BCUT2D eigenvalue weighted by atomic mass is 19.4. The molecule has 0 saturated heterocycles. The normalized spacial score (nSPS) is 11.8. The molecule has 0 unspecified atom stereocenters. The molecule has 19 heavy (non-hydrogen) atoms. The molecule has 102 valence electrons. The van der Waals surface area contributed by atoms with Gasteiger partial charge in [-0.3, -0.25) is 9.89 Å². The minimum Gasteiger partial charge on any atom is -0.330 e. The van der Waals surface area contributed by atoms with Crippen molar-refractivity contribution < 1.29 is 13.2 Å². The lowest BCUT2D eigenvalue weighted by Crippen LogP contribution is -2.19. The second kappa shape index (κ2) is 4.93. The van der Waals surface area contributed by atoms with Crippen LogP contribution in [0, 0.1) is 0 Å². The zero-order valence-electron chi connectivity index (χ0n) is 9.87. The van der Waals surface area contributed by atoms with E-state index in [1.54, 1.807) is 0 Å². The van der Waals surface area contributed by atoms with Crippen LogP contribution in [0.2, 0.25) is 0 Å². The maximum atomic E-state index is 12.4. The number of aromatic amines is 1. The van der Waals surface area contributed by atoms with Gasteiger partial charge in [0.15, 0.2) is 0 Å². The van der Waals surface area contributed by atoms with Crippen molar-refractivity contribution in [1.82, 2.24) is 9.78 Å². The number of aromatic nitrogens is 2. The number of halogens is 3. The predicted octanol–water partition coefficient (Wildman–Crippen LogP) is 1.69. The summed E-state index contributed by atoms with van der Waals surface area (Å²) >= 11 is 0. The third-order valence-corrected chi connectivity index (χ3v) is 2.71. The number of nitrogens with zero attached hydrogens (tertiary/aromatic N) is 1. The lowest BCUT2D eigenvalue weighted by atomic mass is 10.2. The molecule has 2 aromatic rings. The number of nitrogens with two attached hydrogens (primary N) is 1. The van der Waals surface area contributed by atoms with E-state index in [1.807, 2.05) is 0 Å². The van der Waals surface area contributed by atoms with Gasteiger partial charge in [-0.1, -0.05) is 0 Å². The monoisotopic (exact) mass is 271 g/mol. The minimum absolute atomic E-state index is 0.301. The van der Waals surface area contributed by atoms with Crippen LogP contribution in [0.4, 0.5) is 13.2 Å². The van der Waals surface area contributed by atoms with Gasteiger partial charge in [0, 0.05) is 11.8 Å². The van der Waals surface area contributed by atoms with E-state index in [9.17, 15) is 18.0 Å². The first kappa shape index (κ1) is 13.4. The summed E-state index contributed by atoms with van der Waals surface area (Å²) in [5.41, 5.74) is 5.16. The molecule has 0 fully saturated rings. The van der Waals surface area contributed by atoms with Gasteiger partial charge in [0.25, 0.3) is 5.56 Å². The summed E-state index contributed by atoms with van der Waals surface area (Å²) in [5.74, 6) is 0. The van der Waals surface area contributed by atoms with E-state index >= 15 is 0 Å². The van der Waals surface area contributed by atoms with Crippen LogP contribution in [-0.2, 0) is 12.6 Å². The summed E-state index contributed by atoms with van der Waals surface area (Å²) < 4.78 is 38.4. The third-order valence-electron chi connectivity index (χ3n) is 2.71. The Labute approximate surface area is 106 Å². The first-order valence-corrected chi connectivity index (χ1v) is 5.60. The molecule has 7 heteroatoms. The van der Waals surface area contributed by atoms with E-state index in [-0.39, 0.29) is 5.56 Å². The average Bonchev–Trinajstić information content (AvgIpc) is 2.71. The molecule has 4 nitrogen and oxygen atoms in total. The van der Waals surface area contributed by atoms with E-state index in [0.29, 0.717) is 24.2 Å². The number of H-pyrrole nitrogens is 1. The van der Waals surface area contributed by atoms with E-state index in [2.05, 4.69) is 5.10 Å². The SMILES string of the molecule is NCCc1c[nH]n(-c2ccc(C(F)(F)F)cc2)c1=O. The summed E-state index contributed by atoms with van der Waals surface area (Å²) in [5, 5.41) is 2.70. The van der Waals surface area contributed by atoms with Crippen molar-refractivity contribution in [2.24, 2.45) is 5.73 Å². The molecule has 0 spiro atoms. The highest BCUT2D eigenvalue weighted by Gasteiger charge is 2.30. The summed E-state index contributed by atoms with van der Waals surface area (Å²) in [6.07, 6.45) is -2.46. The highest BCUT2D eigenvalue weighted by molar-refractivity contribution is 5.35. The Kier molecular flexibility index (Phi) is 3.48. The van der Waals surface area contributed by atoms with Gasteiger partial charge in [-0.05, 0) is 37.2 Å². The maximum Gasteiger partial charge on any atom is 0.416 e. The highest BCUT2D eigenvalue weighted by Crippen LogP contribution is 2.29. The Morgan fingerprint density at radius 2 is 1.84 bits per heavy atom. The van der Waals surface area contributed by atoms with Crippen LogP contribution in [-0.4, -0.2) is 16.3 Å². The van der Waals surface area contributed by atoms with Gasteiger partial charge in [-0.15, -0.1) is 0 Å². The van der Waals surface area contributed by atoms with Crippen molar-refractivity contribution in [3.8, 4) is 5.69 Å². The minimum atomic E-state index is -4.38. The summed E-state index contributed by atoms with van der Waals surface area (Å²) in [7, 11) is 0. The predicted molar refractivity (Wildman–Crippen MR) is 64.2 cm³/mol. The zero-order chi connectivity index (χ0) is 14.0. The molecule has 0 radical (unpaired) electrons. The van der Waals surface area contributed by atoms with E-state index < -0.39 is 11.7 Å². The first-order valence-electron chi connectivity index (χ1n) is 5.60. The van der Waals surface area contributed by atoms with Crippen molar-refractivity contribution in [2.45, 2.75) is 12.6 Å². The lowest BCUT2D eigenvalue weighted by Gasteiger charge is -2.07. The second-order valence-corrected chi connectivity index (χ2v) is 4.02. The molecule has 0 saturated carbocycles. The Morgan fingerprint density at radius 1 is 1.21 bits per heavy atom. The van der Waals surface area contributed by atoms with Gasteiger partial charge in [0.2, 0.25) is 0 Å². The average molecular weight is 271 g/mol. The standard InChI is InChI=1S/C12H12F3N3O/c13-12(14,15)9-1-3-10(4-2-9)18-11(19)8(5-6-16)7-17-18/h1-4,7,17H,5-6,16H2. The van der Waals surface area contributed by atoms with Crippen molar-refractivity contribution in [2.75, 3.05) is 6.54 Å². The quantitative estimate of drug-likeness (QED) is 0.892. The Balaban J connectivity index is 2.35. The molecule has 0 amide bonds. The Hall–Kier alpha value is -2.02. The van der Waals surface area contributed by atoms with Crippen LogP contribution >= 0.6 is 0 Å². The Bertz CT molecular complexity index is 610. The number of benzene rings is 1. The molecule has 0 atom stereocenters. The van der Waals surface area contributed by atoms with Gasteiger partial charge >= 0.3 is 6.18 Å². The molecule has 0 bridgehead atoms. The van der Waals surface area contributed by atoms with Crippen LogP contribution in [0.5, 0.6) is 0 Å².